The first-order valence-corrected chi connectivity index (χ1v) is 22.4. The molecule has 0 bridgehead atoms. The molecule has 350 valence electrons. The maximum atomic E-state index is 14.3. The second-order valence-electron chi connectivity index (χ2n) is 18.3. The van der Waals surface area contributed by atoms with Gasteiger partial charge in [0.2, 0.25) is 23.6 Å². The van der Waals surface area contributed by atoms with E-state index in [1.165, 1.54) is 6.92 Å². The highest BCUT2D eigenvalue weighted by atomic mass is 16.6. The number of pyridine rings is 1. The van der Waals surface area contributed by atoms with Crippen molar-refractivity contribution in [2.45, 2.75) is 129 Å². The molecule has 0 saturated carbocycles. The van der Waals surface area contributed by atoms with Crippen LogP contribution in [0.2, 0.25) is 0 Å². The van der Waals surface area contributed by atoms with Crippen LogP contribution in [-0.2, 0) is 46.3 Å². The SMILES string of the molecule is CC(C)CC(NC(=O)OC(C)(C)C)C(=O)NC(C(=O)N[C@@H](Cc1ccccc1)C(=O)NC(Cc1ccccc1)C(=O)N[C@@H](C)C(=O)OCC#Cc1cncc(C2CCCN2C)c1)C(C)C. The molecule has 1 saturated heterocycles. The number of alkyl carbamates (subject to hydrolysis) is 1. The van der Waals surface area contributed by atoms with Crippen molar-refractivity contribution in [3.63, 3.8) is 0 Å². The van der Waals surface area contributed by atoms with Gasteiger partial charge in [0.1, 0.15) is 35.8 Å². The number of esters is 1. The van der Waals surface area contributed by atoms with Gasteiger partial charge in [-0.25, -0.2) is 9.59 Å². The van der Waals surface area contributed by atoms with Crippen molar-refractivity contribution in [3.8, 4) is 11.8 Å². The van der Waals surface area contributed by atoms with Gasteiger partial charge in [-0.15, -0.1) is 0 Å². The summed E-state index contributed by atoms with van der Waals surface area (Å²) in [5.74, 6) is 2.17. The fourth-order valence-electron chi connectivity index (χ4n) is 7.38. The fraction of sp³-hybridized carbons (Fsp3) is 0.500. The van der Waals surface area contributed by atoms with E-state index in [4.69, 9.17) is 9.47 Å². The van der Waals surface area contributed by atoms with Gasteiger partial charge < -0.3 is 36.1 Å². The number of nitrogens with one attached hydrogen (secondary N) is 5. The molecule has 1 aliphatic heterocycles. The highest BCUT2D eigenvalue weighted by Crippen LogP contribution is 2.30. The Balaban J connectivity index is 1.48. The third-order valence-electron chi connectivity index (χ3n) is 10.7. The lowest BCUT2D eigenvalue weighted by Gasteiger charge is -2.29. The molecular formula is C50H67N7O8. The Bertz CT molecular complexity index is 2130. The Labute approximate surface area is 384 Å². The van der Waals surface area contributed by atoms with Crippen molar-refractivity contribution >= 4 is 35.7 Å². The maximum Gasteiger partial charge on any atom is 0.408 e. The summed E-state index contributed by atoms with van der Waals surface area (Å²) in [5, 5.41) is 13.8. The van der Waals surface area contributed by atoms with Crippen LogP contribution in [-0.4, -0.2) is 102 Å². The standard InChI is InChI=1S/C50H67N7O8/c1-32(2)26-39(55-49(63)65-50(6,7)8)46(60)56-43(33(3)4)47(61)54-41(29-36-20-14-11-15-21-36)45(59)53-40(28-35-18-12-10-13-19-35)44(58)52-34(5)48(62)64-25-17-22-37-27-38(31-51-30-37)42-23-16-24-57(42)9/h10-15,18-21,27,30-34,39-43H,16,23-26,28-29H2,1-9H3,(H,52,58)(H,53,59)(H,54,61)(H,55,63)(H,56,60)/t34-,39?,40?,41-,42?,43?/m0/s1. The summed E-state index contributed by atoms with van der Waals surface area (Å²) in [6.07, 6.45) is 5.30. The van der Waals surface area contributed by atoms with E-state index in [2.05, 4.69) is 55.4 Å². The monoisotopic (exact) mass is 894 g/mol. The van der Waals surface area contributed by atoms with Crippen LogP contribution >= 0.6 is 0 Å². The molecule has 5 N–H and O–H groups in total. The molecule has 0 spiro atoms. The van der Waals surface area contributed by atoms with Crippen LogP contribution in [0, 0.1) is 23.7 Å². The summed E-state index contributed by atoms with van der Waals surface area (Å²) in [6, 6.07) is 14.8. The Morgan fingerprint density at radius 3 is 1.86 bits per heavy atom. The molecule has 2 heterocycles. The number of aromatic nitrogens is 1. The van der Waals surface area contributed by atoms with E-state index in [0.717, 1.165) is 36.1 Å². The molecule has 0 aliphatic carbocycles. The van der Waals surface area contributed by atoms with E-state index >= 15 is 0 Å². The second kappa shape index (κ2) is 24.7. The molecule has 65 heavy (non-hydrogen) atoms. The molecule has 1 aliphatic rings. The van der Waals surface area contributed by atoms with Crippen LogP contribution in [0.25, 0.3) is 0 Å². The quantitative estimate of drug-likeness (QED) is 0.0825. The van der Waals surface area contributed by atoms with Crippen LogP contribution in [0.5, 0.6) is 0 Å². The number of benzene rings is 2. The summed E-state index contributed by atoms with van der Waals surface area (Å²) in [6.45, 7) is 14.7. The van der Waals surface area contributed by atoms with E-state index in [-0.39, 0.29) is 37.8 Å². The summed E-state index contributed by atoms with van der Waals surface area (Å²) < 4.78 is 10.8. The first kappa shape index (κ1) is 51.4. The molecule has 15 heteroatoms. The van der Waals surface area contributed by atoms with Crippen molar-refractivity contribution in [2.75, 3.05) is 20.2 Å². The lowest BCUT2D eigenvalue weighted by atomic mass is 9.98. The molecule has 0 radical (unpaired) electrons. The number of hydrogen-bond acceptors (Lipinski definition) is 10. The molecule has 4 rings (SSSR count). The van der Waals surface area contributed by atoms with Crippen LogP contribution in [0.3, 0.4) is 0 Å². The summed E-state index contributed by atoms with van der Waals surface area (Å²) in [7, 11) is 2.09. The lowest BCUT2D eigenvalue weighted by molar-refractivity contribution is -0.146. The minimum absolute atomic E-state index is 0.00969. The highest BCUT2D eigenvalue weighted by Gasteiger charge is 2.34. The number of hydrogen-bond donors (Lipinski definition) is 5. The highest BCUT2D eigenvalue weighted by molar-refractivity contribution is 5.96. The first-order valence-electron chi connectivity index (χ1n) is 22.4. The Morgan fingerprint density at radius 2 is 1.32 bits per heavy atom. The zero-order chi connectivity index (χ0) is 47.7. The average molecular weight is 894 g/mol. The van der Waals surface area contributed by atoms with Crippen molar-refractivity contribution in [2.24, 2.45) is 11.8 Å². The summed E-state index contributed by atoms with van der Waals surface area (Å²) in [5.41, 5.74) is 2.45. The molecular weight excluding hydrogens is 827 g/mol. The molecule has 1 fully saturated rings. The number of carbonyl (C=O) groups is 6. The Hall–Kier alpha value is -6.27. The average Bonchev–Trinajstić information content (AvgIpc) is 3.68. The largest absolute Gasteiger partial charge is 0.451 e. The van der Waals surface area contributed by atoms with E-state index in [1.807, 2.05) is 62.5 Å². The second-order valence-corrected chi connectivity index (χ2v) is 18.3. The fourth-order valence-corrected chi connectivity index (χ4v) is 7.38. The van der Waals surface area contributed by atoms with Gasteiger partial charge >= 0.3 is 12.1 Å². The number of amides is 5. The molecule has 2 aromatic carbocycles. The van der Waals surface area contributed by atoms with Gasteiger partial charge in [-0.1, -0.05) is 100 Å². The third kappa shape index (κ3) is 17.3. The molecule has 6 atom stereocenters. The van der Waals surface area contributed by atoms with E-state index in [1.54, 1.807) is 65.1 Å². The summed E-state index contributed by atoms with van der Waals surface area (Å²) in [4.78, 5) is 88.5. The van der Waals surface area contributed by atoms with Gasteiger partial charge in [-0.2, -0.15) is 0 Å². The van der Waals surface area contributed by atoms with Crippen LogP contribution < -0.4 is 26.6 Å². The first-order chi connectivity index (χ1) is 30.8. The van der Waals surface area contributed by atoms with E-state index < -0.39 is 77.4 Å². The van der Waals surface area contributed by atoms with Crippen molar-refractivity contribution < 1.29 is 38.2 Å². The van der Waals surface area contributed by atoms with Crippen molar-refractivity contribution in [1.82, 2.24) is 36.5 Å². The maximum absolute atomic E-state index is 14.3. The number of likely N-dealkylation sites (tertiary alicyclic amines) is 1. The van der Waals surface area contributed by atoms with Gasteiger partial charge in [0.05, 0.1) is 0 Å². The molecule has 4 unspecified atom stereocenters. The van der Waals surface area contributed by atoms with E-state index in [9.17, 15) is 28.8 Å². The van der Waals surface area contributed by atoms with Crippen molar-refractivity contribution in [3.05, 3.63) is 101 Å². The smallest absolute Gasteiger partial charge is 0.408 e. The summed E-state index contributed by atoms with van der Waals surface area (Å²) >= 11 is 0. The minimum atomic E-state index is -1.20. The van der Waals surface area contributed by atoms with Gasteiger partial charge in [0.15, 0.2) is 6.61 Å². The van der Waals surface area contributed by atoms with Crippen molar-refractivity contribution in [1.29, 1.82) is 0 Å². The van der Waals surface area contributed by atoms with E-state index in [0.29, 0.717) is 5.56 Å². The molecule has 3 aromatic rings. The number of ether oxygens (including phenoxy) is 2. The lowest BCUT2D eigenvalue weighted by Crippen LogP contribution is -2.60. The minimum Gasteiger partial charge on any atom is -0.451 e. The predicted molar refractivity (Wildman–Crippen MR) is 248 cm³/mol. The Kier molecular flexibility index (Phi) is 19.5. The van der Waals surface area contributed by atoms with Crippen LogP contribution in [0.4, 0.5) is 4.79 Å². The van der Waals surface area contributed by atoms with Gasteiger partial charge in [0, 0.05) is 36.8 Å². The molecule has 15 nitrogen and oxygen atoms in total. The number of rotatable bonds is 19. The molecule has 1 aromatic heterocycles. The molecule has 5 amide bonds. The predicted octanol–water partition coefficient (Wildman–Crippen LogP) is 4.78. The topological polar surface area (TPSA) is 197 Å². The Morgan fingerprint density at radius 1 is 0.754 bits per heavy atom. The third-order valence-corrected chi connectivity index (χ3v) is 10.7. The zero-order valence-corrected chi connectivity index (χ0v) is 39.2. The van der Waals surface area contributed by atoms with Gasteiger partial charge in [-0.3, -0.25) is 29.1 Å². The number of carbonyl (C=O) groups excluding carboxylic acids is 6. The van der Waals surface area contributed by atoms with Crippen LogP contribution in [0.1, 0.15) is 103 Å². The van der Waals surface area contributed by atoms with Gasteiger partial charge in [0.25, 0.3) is 0 Å². The zero-order valence-electron chi connectivity index (χ0n) is 39.2. The van der Waals surface area contributed by atoms with Crippen LogP contribution in [0.15, 0.2) is 79.1 Å². The number of nitrogens with zero attached hydrogens (tertiary/aromatic N) is 2. The normalized spacial score (nSPS) is 16.1. The van der Waals surface area contributed by atoms with Gasteiger partial charge in [-0.05, 0) is 95.1 Å².